The average Bonchev–Trinajstić information content (AvgIpc) is 2.58. The fourth-order valence-corrected chi connectivity index (χ4v) is 2.87. The number of rotatable bonds is 0. The van der Waals surface area contributed by atoms with E-state index in [1.807, 2.05) is 43.3 Å². The molecule has 0 unspecified atom stereocenters. The lowest BCUT2D eigenvalue weighted by Gasteiger charge is -2.25. The molecule has 6 nitrogen and oxygen atoms in total. The van der Waals surface area contributed by atoms with E-state index in [1.54, 1.807) is 11.9 Å². The fourth-order valence-electron chi connectivity index (χ4n) is 2.87. The summed E-state index contributed by atoms with van der Waals surface area (Å²) in [4.78, 5) is 23.9. The Labute approximate surface area is 146 Å². The molecule has 2 heterocycles. The number of anilines is 3. The Kier molecular flexibility index (Phi) is 4.61. The van der Waals surface area contributed by atoms with E-state index >= 15 is 0 Å². The number of ether oxygens (including phenoxy) is 1. The van der Waals surface area contributed by atoms with Gasteiger partial charge in [0.1, 0.15) is 5.75 Å². The van der Waals surface area contributed by atoms with Crippen LogP contribution in [0.1, 0.15) is 17.5 Å². The molecule has 0 aromatic heterocycles. The van der Waals surface area contributed by atoms with Crippen molar-refractivity contribution < 1.29 is 14.3 Å². The van der Waals surface area contributed by atoms with Gasteiger partial charge in [-0.05, 0) is 54.8 Å². The van der Waals surface area contributed by atoms with E-state index in [0.717, 1.165) is 34.8 Å². The van der Waals surface area contributed by atoms with Crippen molar-refractivity contribution in [2.75, 3.05) is 29.6 Å². The third-order valence-electron chi connectivity index (χ3n) is 4.22. The molecule has 2 aromatic rings. The van der Waals surface area contributed by atoms with Crippen molar-refractivity contribution >= 4 is 28.9 Å². The highest BCUT2D eigenvalue weighted by Crippen LogP contribution is 2.28. The van der Waals surface area contributed by atoms with E-state index in [1.165, 1.54) is 5.56 Å². The summed E-state index contributed by atoms with van der Waals surface area (Å²) in [5.41, 5.74) is 10.5. The molecule has 0 radical (unpaired) electrons. The number of hydrogen-bond acceptors (Lipinski definition) is 4. The molecule has 0 bridgehead atoms. The van der Waals surface area contributed by atoms with Crippen LogP contribution in [-0.2, 0) is 16.0 Å². The maximum Gasteiger partial charge on any atom is 0.262 e. The highest BCUT2D eigenvalue weighted by Gasteiger charge is 2.20. The minimum absolute atomic E-state index is 0.0897. The minimum Gasteiger partial charge on any atom is -0.482 e. The maximum atomic E-state index is 11.3. The Morgan fingerprint density at radius 2 is 1.92 bits per heavy atom. The first-order valence-electron chi connectivity index (χ1n) is 8.12. The van der Waals surface area contributed by atoms with E-state index in [9.17, 15) is 9.59 Å². The molecule has 0 spiro atoms. The summed E-state index contributed by atoms with van der Waals surface area (Å²) in [7, 11) is 1.80. The smallest absolute Gasteiger partial charge is 0.262 e. The molecule has 0 aliphatic carbocycles. The van der Waals surface area contributed by atoms with Gasteiger partial charge in [-0.2, -0.15) is 0 Å². The minimum atomic E-state index is -0.0897. The predicted molar refractivity (Wildman–Crippen MR) is 97.9 cm³/mol. The number of benzene rings is 2. The summed E-state index contributed by atoms with van der Waals surface area (Å²) in [5.74, 6) is 0.838. The van der Waals surface area contributed by atoms with Crippen molar-refractivity contribution in [3.63, 3.8) is 0 Å². The van der Waals surface area contributed by atoms with Gasteiger partial charge in [0.05, 0.1) is 5.69 Å². The second-order valence-corrected chi connectivity index (χ2v) is 6.18. The zero-order valence-corrected chi connectivity index (χ0v) is 14.3. The Balaban J connectivity index is 0.000000146. The van der Waals surface area contributed by atoms with Crippen LogP contribution >= 0.6 is 0 Å². The fraction of sp³-hybridized carbons (Fsp3) is 0.263. The number of nitrogens with one attached hydrogen (secondary N) is 1. The first-order valence-corrected chi connectivity index (χ1v) is 8.12. The number of carbonyl (C=O) groups is 2. The van der Waals surface area contributed by atoms with Gasteiger partial charge in [-0.15, -0.1) is 0 Å². The maximum absolute atomic E-state index is 11.3. The molecule has 25 heavy (non-hydrogen) atoms. The van der Waals surface area contributed by atoms with E-state index < -0.39 is 0 Å². The van der Waals surface area contributed by atoms with Gasteiger partial charge in [0, 0.05) is 24.8 Å². The van der Waals surface area contributed by atoms with Gasteiger partial charge in [0.25, 0.3) is 5.91 Å². The summed E-state index contributed by atoms with van der Waals surface area (Å²) in [6.07, 6.45) is 1.40. The average molecular weight is 339 g/mol. The molecule has 2 aliphatic rings. The van der Waals surface area contributed by atoms with Crippen molar-refractivity contribution in [2.45, 2.75) is 19.8 Å². The molecule has 2 aliphatic heterocycles. The number of amides is 2. The van der Waals surface area contributed by atoms with Gasteiger partial charge < -0.3 is 20.7 Å². The second kappa shape index (κ2) is 6.84. The Bertz CT molecular complexity index is 833. The standard InChI is InChI=1S/C10H12N2O.C9H9NO2/c1-12-9-4-3-8(11)6-7(9)2-5-10(12)13;1-6-2-3-8-7(4-6)10-9(11)5-12-8/h3-4,6H,2,5,11H2,1H3;2-4H,5H2,1H3,(H,10,11). The molecule has 130 valence electrons. The number of aryl methyl sites for hydroxylation is 2. The van der Waals surface area contributed by atoms with Crippen molar-refractivity contribution in [2.24, 2.45) is 0 Å². The monoisotopic (exact) mass is 339 g/mol. The third kappa shape index (κ3) is 3.74. The summed E-state index contributed by atoms with van der Waals surface area (Å²) in [5, 5.41) is 2.74. The van der Waals surface area contributed by atoms with Gasteiger partial charge in [0.15, 0.2) is 6.61 Å². The highest BCUT2D eigenvalue weighted by atomic mass is 16.5. The number of fused-ring (bicyclic) bond motifs is 2. The van der Waals surface area contributed by atoms with Gasteiger partial charge in [0.2, 0.25) is 5.91 Å². The normalized spacial score (nSPS) is 15.2. The molecule has 6 heteroatoms. The van der Waals surface area contributed by atoms with Crippen LogP contribution in [0.15, 0.2) is 36.4 Å². The molecule has 0 atom stereocenters. The van der Waals surface area contributed by atoms with Crippen LogP contribution in [0.5, 0.6) is 5.75 Å². The molecule has 2 amide bonds. The van der Waals surface area contributed by atoms with Gasteiger partial charge in [-0.1, -0.05) is 6.07 Å². The van der Waals surface area contributed by atoms with Crippen LogP contribution in [0, 0.1) is 6.92 Å². The van der Waals surface area contributed by atoms with Gasteiger partial charge in [-0.3, -0.25) is 9.59 Å². The van der Waals surface area contributed by atoms with Gasteiger partial charge >= 0.3 is 0 Å². The first kappa shape index (κ1) is 16.8. The molecule has 4 rings (SSSR count). The number of hydrogen-bond donors (Lipinski definition) is 2. The lowest BCUT2D eigenvalue weighted by atomic mass is 10.0. The second-order valence-electron chi connectivity index (χ2n) is 6.18. The van der Waals surface area contributed by atoms with Crippen LogP contribution in [0.2, 0.25) is 0 Å². The van der Waals surface area contributed by atoms with Gasteiger partial charge in [-0.25, -0.2) is 0 Å². The summed E-state index contributed by atoms with van der Waals surface area (Å²) in [6, 6.07) is 11.4. The van der Waals surface area contributed by atoms with Crippen LogP contribution in [0.4, 0.5) is 17.1 Å². The quantitative estimate of drug-likeness (QED) is 0.722. The summed E-state index contributed by atoms with van der Waals surface area (Å²) >= 11 is 0. The van der Waals surface area contributed by atoms with E-state index in [4.69, 9.17) is 10.5 Å². The van der Waals surface area contributed by atoms with Crippen molar-refractivity contribution in [1.82, 2.24) is 0 Å². The summed E-state index contributed by atoms with van der Waals surface area (Å²) in [6.45, 7) is 2.09. The predicted octanol–water partition coefficient (Wildman–Crippen LogP) is 2.50. The topological polar surface area (TPSA) is 84.7 Å². The molecule has 0 saturated carbocycles. The number of nitrogens with two attached hydrogens (primary N) is 1. The Morgan fingerprint density at radius 3 is 2.72 bits per heavy atom. The third-order valence-corrected chi connectivity index (χ3v) is 4.22. The van der Waals surface area contributed by atoms with E-state index in [2.05, 4.69) is 5.32 Å². The lowest BCUT2D eigenvalue weighted by molar-refractivity contribution is -0.119. The largest absolute Gasteiger partial charge is 0.482 e. The SMILES string of the molecule is CN1C(=O)CCc2cc(N)ccc21.Cc1ccc2c(c1)NC(=O)CO2. The summed E-state index contributed by atoms with van der Waals surface area (Å²) < 4.78 is 5.18. The Hall–Kier alpha value is -3.02. The van der Waals surface area contributed by atoms with Crippen LogP contribution in [0.3, 0.4) is 0 Å². The molecular weight excluding hydrogens is 318 g/mol. The Morgan fingerprint density at radius 1 is 1.12 bits per heavy atom. The van der Waals surface area contributed by atoms with E-state index in [0.29, 0.717) is 6.42 Å². The van der Waals surface area contributed by atoms with Crippen LogP contribution in [0.25, 0.3) is 0 Å². The van der Waals surface area contributed by atoms with Crippen molar-refractivity contribution in [1.29, 1.82) is 0 Å². The molecule has 2 aromatic carbocycles. The first-order chi connectivity index (χ1) is 11.9. The molecule has 0 fully saturated rings. The highest BCUT2D eigenvalue weighted by molar-refractivity contribution is 5.96. The number of carbonyl (C=O) groups excluding carboxylic acids is 2. The van der Waals surface area contributed by atoms with Crippen molar-refractivity contribution in [3.8, 4) is 5.75 Å². The lowest BCUT2D eigenvalue weighted by Crippen LogP contribution is -2.31. The van der Waals surface area contributed by atoms with Crippen LogP contribution in [-0.4, -0.2) is 25.5 Å². The van der Waals surface area contributed by atoms with E-state index in [-0.39, 0.29) is 18.4 Å². The zero-order chi connectivity index (χ0) is 18.0. The van der Waals surface area contributed by atoms with Crippen molar-refractivity contribution in [3.05, 3.63) is 47.5 Å². The number of nitrogen functional groups attached to an aromatic ring is 1. The zero-order valence-electron chi connectivity index (χ0n) is 14.3. The molecule has 3 N–H and O–H groups in total. The molecule has 0 saturated heterocycles. The van der Waals surface area contributed by atoms with Crippen LogP contribution < -0.4 is 20.7 Å². The number of nitrogens with zero attached hydrogens (tertiary/aromatic N) is 1. The molecular formula is C19H21N3O3.